The Balaban J connectivity index is 4.76. The van der Waals surface area contributed by atoms with E-state index in [-0.39, 0.29) is 25.9 Å². The summed E-state index contributed by atoms with van der Waals surface area (Å²) in [5, 5.41) is 9.76. The average molecular weight is 981 g/mol. The number of aliphatic hydroxyl groups excluding tert-OH is 1. The van der Waals surface area contributed by atoms with Crippen molar-refractivity contribution in [3.05, 3.63) is 48.6 Å². The van der Waals surface area contributed by atoms with Crippen LogP contribution in [0.3, 0.4) is 0 Å². The van der Waals surface area contributed by atoms with Crippen LogP contribution in [-0.4, -0.2) is 66.5 Å². The lowest BCUT2D eigenvalue weighted by Crippen LogP contribution is -2.30. The molecule has 3 atom stereocenters. The van der Waals surface area contributed by atoms with Gasteiger partial charge in [0.25, 0.3) is 0 Å². The molecule has 0 aliphatic rings. The molecule has 3 unspecified atom stereocenters. The molecule has 396 valence electrons. The number of carbonyl (C=O) groups is 3. The summed E-state index contributed by atoms with van der Waals surface area (Å²) in [5.74, 6) is -1.50. The molecule has 0 radical (unpaired) electrons. The van der Waals surface area contributed by atoms with Gasteiger partial charge in [0.2, 0.25) is 0 Å². The standard InChI is InChI=1S/C56H101O11P/c1-4-7-10-13-16-19-21-23-25-26-28-30-32-35-38-41-44-47-56(60)67-53(49-63-54(58)45-42-39-36-34-31-29-27-24-22-20-17-14-11-8-5-2)51-65-68(61,62)64-50-52(48-57)66-55(59)46-43-40-37-33-18-15-12-9-6-3/h8,11,17,20,24,27,31,34,52-53,57H,4-7,9-10,12-16,18-19,21-23,25-26,28-30,32-33,35-51H2,1-3H3,(H,61,62)/b11-8-,20-17-,27-24-,34-31-. The van der Waals surface area contributed by atoms with Gasteiger partial charge in [0, 0.05) is 19.3 Å². The first-order valence-corrected chi connectivity index (χ1v) is 29.0. The predicted octanol–water partition coefficient (Wildman–Crippen LogP) is 15.8. The summed E-state index contributed by atoms with van der Waals surface area (Å²) in [5.41, 5.74) is 0. The lowest BCUT2D eigenvalue weighted by atomic mass is 10.0. The van der Waals surface area contributed by atoms with Crippen LogP contribution in [0.15, 0.2) is 48.6 Å². The molecule has 0 aromatic carbocycles. The number of carbonyl (C=O) groups excluding carboxylic acids is 3. The van der Waals surface area contributed by atoms with Gasteiger partial charge in [-0.2, -0.15) is 0 Å². The first-order valence-electron chi connectivity index (χ1n) is 27.5. The third-order valence-electron chi connectivity index (χ3n) is 11.8. The van der Waals surface area contributed by atoms with Crippen LogP contribution >= 0.6 is 7.82 Å². The van der Waals surface area contributed by atoms with Crippen LogP contribution in [-0.2, 0) is 42.2 Å². The van der Waals surface area contributed by atoms with Gasteiger partial charge in [-0.05, 0) is 57.8 Å². The molecular weight excluding hydrogens is 880 g/mol. The third-order valence-corrected chi connectivity index (χ3v) is 12.7. The lowest BCUT2D eigenvalue weighted by Gasteiger charge is -2.21. The van der Waals surface area contributed by atoms with Crippen molar-refractivity contribution >= 4 is 25.7 Å². The maximum Gasteiger partial charge on any atom is 0.472 e. The number of esters is 3. The molecule has 0 heterocycles. The molecule has 0 rings (SSSR count). The van der Waals surface area contributed by atoms with Crippen molar-refractivity contribution < 1.29 is 52.2 Å². The van der Waals surface area contributed by atoms with Crippen molar-refractivity contribution in [2.75, 3.05) is 26.4 Å². The molecule has 12 heteroatoms. The molecular formula is C56H101O11P. The molecule has 68 heavy (non-hydrogen) atoms. The Morgan fingerprint density at radius 2 is 0.765 bits per heavy atom. The Labute approximate surface area is 415 Å². The van der Waals surface area contributed by atoms with Crippen molar-refractivity contribution in [1.29, 1.82) is 0 Å². The van der Waals surface area contributed by atoms with E-state index in [2.05, 4.69) is 69.4 Å². The zero-order valence-electron chi connectivity index (χ0n) is 43.6. The minimum Gasteiger partial charge on any atom is -0.462 e. The maximum absolute atomic E-state index is 12.9. The molecule has 0 saturated heterocycles. The van der Waals surface area contributed by atoms with Crippen molar-refractivity contribution in [1.82, 2.24) is 0 Å². The number of phosphoric ester groups is 1. The summed E-state index contributed by atoms with van der Waals surface area (Å²) in [7, 11) is -4.74. The fraction of sp³-hybridized carbons (Fsp3) is 0.804. The highest BCUT2D eigenvalue weighted by atomic mass is 31.2. The maximum atomic E-state index is 12.9. The Morgan fingerprint density at radius 1 is 0.426 bits per heavy atom. The molecule has 2 N–H and O–H groups in total. The molecule has 0 spiro atoms. The van der Waals surface area contributed by atoms with Crippen LogP contribution in [0.25, 0.3) is 0 Å². The molecule has 0 bridgehead atoms. The summed E-state index contributed by atoms with van der Waals surface area (Å²) in [6.07, 6.45) is 52.3. The summed E-state index contributed by atoms with van der Waals surface area (Å²) in [4.78, 5) is 48.3. The Kier molecular flexibility index (Phi) is 48.9. The van der Waals surface area contributed by atoms with Crippen molar-refractivity contribution in [3.63, 3.8) is 0 Å². The van der Waals surface area contributed by atoms with Gasteiger partial charge in [-0.15, -0.1) is 0 Å². The van der Waals surface area contributed by atoms with Crippen molar-refractivity contribution in [2.24, 2.45) is 0 Å². The second kappa shape index (κ2) is 50.8. The fourth-order valence-electron chi connectivity index (χ4n) is 7.58. The Hall–Kier alpha value is -2.56. The molecule has 0 aromatic rings. The van der Waals surface area contributed by atoms with E-state index in [4.69, 9.17) is 23.3 Å². The van der Waals surface area contributed by atoms with Gasteiger partial charge in [0.05, 0.1) is 19.8 Å². The topological polar surface area (TPSA) is 155 Å². The molecule has 0 aliphatic carbocycles. The summed E-state index contributed by atoms with van der Waals surface area (Å²) < 4.78 is 39.3. The Morgan fingerprint density at radius 3 is 1.18 bits per heavy atom. The number of hydrogen-bond donors (Lipinski definition) is 2. The number of phosphoric acid groups is 1. The minimum atomic E-state index is -4.74. The first-order chi connectivity index (χ1) is 33.2. The monoisotopic (exact) mass is 981 g/mol. The van der Waals surface area contributed by atoms with Crippen molar-refractivity contribution in [2.45, 2.75) is 264 Å². The van der Waals surface area contributed by atoms with E-state index in [1.165, 1.54) is 116 Å². The average Bonchev–Trinajstić information content (AvgIpc) is 3.32. The third kappa shape index (κ3) is 48.5. The van der Waals surface area contributed by atoms with Gasteiger partial charge >= 0.3 is 25.7 Å². The van der Waals surface area contributed by atoms with E-state index in [1.54, 1.807) is 0 Å². The van der Waals surface area contributed by atoms with Crippen LogP contribution in [0.1, 0.15) is 252 Å². The van der Waals surface area contributed by atoms with Gasteiger partial charge < -0.3 is 24.2 Å². The van der Waals surface area contributed by atoms with Crippen LogP contribution in [0.2, 0.25) is 0 Å². The van der Waals surface area contributed by atoms with Gasteiger partial charge in [-0.1, -0.05) is 223 Å². The van der Waals surface area contributed by atoms with Crippen LogP contribution < -0.4 is 0 Å². The normalized spacial score (nSPS) is 13.8. The molecule has 11 nitrogen and oxygen atoms in total. The predicted molar refractivity (Wildman–Crippen MR) is 279 cm³/mol. The highest BCUT2D eigenvalue weighted by molar-refractivity contribution is 7.47. The Bertz CT molecular complexity index is 1330. The number of ether oxygens (including phenoxy) is 3. The summed E-state index contributed by atoms with van der Waals surface area (Å²) >= 11 is 0. The molecule has 0 aliphatic heterocycles. The fourth-order valence-corrected chi connectivity index (χ4v) is 8.37. The molecule has 0 fully saturated rings. The zero-order chi connectivity index (χ0) is 49.9. The highest BCUT2D eigenvalue weighted by Crippen LogP contribution is 2.43. The number of rotatable bonds is 51. The summed E-state index contributed by atoms with van der Waals surface area (Å²) in [6, 6.07) is 0. The van der Waals surface area contributed by atoms with E-state index < -0.39 is 57.8 Å². The number of allylic oxidation sites excluding steroid dienone is 8. The SMILES string of the molecule is CC/C=C\C/C=C\C/C=C\C/C=C\CCCCC(=O)OCC(COP(=O)(O)OCC(CO)OC(=O)CCCCCCCCCCC)OC(=O)CCCCCCCCCCCCCCCCCCC. The largest absolute Gasteiger partial charge is 0.472 e. The van der Waals surface area contributed by atoms with Crippen LogP contribution in [0, 0.1) is 0 Å². The zero-order valence-corrected chi connectivity index (χ0v) is 44.5. The number of unbranched alkanes of at least 4 members (excludes halogenated alkanes) is 26. The highest BCUT2D eigenvalue weighted by Gasteiger charge is 2.28. The smallest absolute Gasteiger partial charge is 0.462 e. The van der Waals surface area contributed by atoms with Gasteiger partial charge in [-0.3, -0.25) is 23.4 Å². The van der Waals surface area contributed by atoms with Gasteiger partial charge in [0.15, 0.2) is 6.10 Å². The van der Waals surface area contributed by atoms with E-state index >= 15 is 0 Å². The van der Waals surface area contributed by atoms with E-state index in [0.29, 0.717) is 19.3 Å². The second-order valence-corrected chi connectivity index (χ2v) is 19.8. The van der Waals surface area contributed by atoms with Gasteiger partial charge in [0.1, 0.15) is 12.7 Å². The van der Waals surface area contributed by atoms with Crippen molar-refractivity contribution in [3.8, 4) is 0 Å². The van der Waals surface area contributed by atoms with Crippen LogP contribution in [0.4, 0.5) is 0 Å². The molecule has 0 aromatic heterocycles. The minimum absolute atomic E-state index is 0.163. The molecule has 0 saturated carbocycles. The quantitative estimate of drug-likeness (QED) is 0.0197. The first kappa shape index (κ1) is 65.4. The van der Waals surface area contributed by atoms with Crippen LogP contribution in [0.5, 0.6) is 0 Å². The number of aliphatic hydroxyl groups is 1. The van der Waals surface area contributed by atoms with Gasteiger partial charge in [-0.25, -0.2) is 4.57 Å². The second-order valence-electron chi connectivity index (χ2n) is 18.4. The lowest BCUT2D eigenvalue weighted by molar-refractivity contribution is -0.161. The number of hydrogen-bond acceptors (Lipinski definition) is 10. The van der Waals surface area contributed by atoms with E-state index in [0.717, 1.165) is 77.0 Å². The summed E-state index contributed by atoms with van der Waals surface area (Å²) in [6.45, 7) is 4.48. The molecule has 0 amide bonds. The van der Waals surface area contributed by atoms with E-state index in [1.807, 2.05) is 0 Å². The van der Waals surface area contributed by atoms with E-state index in [9.17, 15) is 28.9 Å².